The van der Waals surface area contributed by atoms with Crippen molar-refractivity contribution in [1.29, 1.82) is 0 Å². The largest absolute Gasteiger partial charge is 0.390 e. The van der Waals surface area contributed by atoms with E-state index in [2.05, 4.69) is 20.7 Å². The summed E-state index contributed by atoms with van der Waals surface area (Å²) in [5.74, 6) is -4.78. The van der Waals surface area contributed by atoms with Crippen molar-refractivity contribution < 1.29 is 31.8 Å². The molecule has 0 amide bonds. The van der Waals surface area contributed by atoms with E-state index in [9.17, 15) is 27.1 Å². The highest BCUT2D eigenvalue weighted by Gasteiger charge is 2.41. The Kier molecular flexibility index (Phi) is 6.35. The monoisotopic (exact) mass is 362 g/mol. The number of hydrogen-bond acceptors (Lipinski definition) is 2. The van der Waals surface area contributed by atoms with Gasteiger partial charge in [-0.3, -0.25) is 0 Å². The second kappa shape index (κ2) is 7.33. The van der Waals surface area contributed by atoms with Crippen molar-refractivity contribution in [3.8, 4) is 0 Å². The van der Waals surface area contributed by atoms with Gasteiger partial charge < -0.3 is 9.84 Å². The van der Waals surface area contributed by atoms with Gasteiger partial charge in [0.1, 0.15) is 12.4 Å². The third-order valence-electron chi connectivity index (χ3n) is 2.41. The van der Waals surface area contributed by atoms with E-state index in [4.69, 9.17) is 0 Å². The maximum Gasteiger partial charge on any atom is 0.330 e. The summed E-state index contributed by atoms with van der Waals surface area (Å²) in [5.41, 5.74) is 0.418. The first-order chi connectivity index (χ1) is 9.24. The summed E-state index contributed by atoms with van der Waals surface area (Å²) in [6, 6.07) is 4.16. The molecule has 20 heavy (non-hydrogen) atoms. The van der Waals surface area contributed by atoms with Crippen LogP contribution >= 0.6 is 15.9 Å². The van der Waals surface area contributed by atoms with Gasteiger partial charge >= 0.3 is 12.3 Å². The molecule has 1 aromatic rings. The summed E-state index contributed by atoms with van der Waals surface area (Å²) < 4.78 is 66.4. The summed E-state index contributed by atoms with van der Waals surface area (Å²) in [6.07, 6.45) is -5.09. The molecule has 0 saturated heterocycles. The fourth-order valence-corrected chi connectivity index (χ4v) is 1.84. The highest BCUT2D eigenvalue weighted by molar-refractivity contribution is 9.10. The van der Waals surface area contributed by atoms with Crippen molar-refractivity contribution in [3.05, 3.63) is 34.1 Å². The predicted molar refractivity (Wildman–Crippen MR) is 65.6 cm³/mol. The van der Waals surface area contributed by atoms with Crippen molar-refractivity contribution in [1.82, 2.24) is 0 Å². The number of benzene rings is 1. The summed E-state index contributed by atoms with van der Waals surface area (Å²) >= 11 is 2.98. The summed E-state index contributed by atoms with van der Waals surface area (Å²) in [6.45, 7) is -2.03. The van der Waals surface area contributed by atoms with E-state index < -0.39 is 37.5 Å². The molecule has 0 heterocycles. The van der Waals surface area contributed by atoms with Gasteiger partial charge in [0.05, 0.1) is 17.2 Å². The van der Waals surface area contributed by atoms with Crippen molar-refractivity contribution in [2.45, 2.75) is 24.9 Å². The van der Waals surface area contributed by atoms with E-state index in [-0.39, 0.29) is 10.9 Å². The Labute approximate surface area is 120 Å². The molecule has 0 bridgehead atoms. The Balaban J connectivity index is 2.45. The lowest BCUT2D eigenvalue weighted by Gasteiger charge is -2.17. The minimum atomic E-state index is -4.25. The number of hydrogen-bond donors (Lipinski definition) is 1. The molecule has 2 nitrogen and oxygen atoms in total. The second-order valence-corrected chi connectivity index (χ2v) is 4.94. The molecule has 0 aliphatic rings. The van der Waals surface area contributed by atoms with Gasteiger partial charge in [0.25, 0.3) is 0 Å². The predicted octanol–water partition coefficient (Wildman–Crippen LogP) is 3.41. The van der Waals surface area contributed by atoms with Crippen LogP contribution in [0.5, 0.6) is 0 Å². The standard InChI is InChI=1S/C12H12BrF5O2/c13-10-7(2-1-3-9(10)14)4-8(19)5-20-6-12(17,18)11(15)16/h1-3,8,11,19H,4-6H2. The molecule has 1 atom stereocenters. The maximum absolute atomic E-state index is 13.2. The average molecular weight is 363 g/mol. The fraction of sp³-hybridized carbons (Fsp3) is 0.500. The molecule has 0 aromatic heterocycles. The minimum absolute atomic E-state index is 0.0570. The smallest absolute Gasteiger partial charge is 0.330 e. The van der Waals surface area contributed by atoms with Crippen LogP contribution < -0.4 is 0 Å². The number of aliphatic hydroxyl groups is 1. The van der Waals surface area contributed by atoms with Crippen molar-refractivity contribution in [2.75, 3.05) is 13.2 Å². The van der Waals surface area contributed by atoms with Gasteiger partial charge in [0.2, 0.25) is 0 Å². The Bertz CT molecular complexity index is 442. The van der Waals surface area contributed by atoms with Crippen LogP contribution in [0.15, 0.2) is 22.7 Å². The minimum Gasteiger partial charge on any atom is -0.390 e. The van der Waals surface area contributed by atoms with Crippen LogP contribution in [-0.2, 0) is 11.2 Å². The van der Waals surface area contributed by atoms with Crippen molar-refractivity contribution in [2.24, 2.45) is 0 Å². The van der Waals surface area contributed by atoms with Gasteiger partial charge in [0.15, 0.2) is 0 Å². The average Bonchev–Trinajstić information content (AvgIpc) is 2.34. The van der Waals surface area contributed by atoms with Crippen LogP contribution in [0.3, 0.4) is 0 Å². The molecule has 1 N–H and O–H groups in total. The SMILES string of the molecule is OC(COCC(F)(F)C(F)F)Cc1cccc(F)c1Br. The Hall–Kier alpha value is -0.730. The highest BCUT2D eigenvalue weighted by Crippen LogP contribution is 2.24. The Morgan fingerprint density at radius 1 is 1.30 bits per heavy atom. The maximum atomic E-state index is 13.2. The van der Waals surface area contributed by atoms with E-state index >= 15 is 0 Å². The fourth-order valence-electron chi connectivity index (χ4n) is 1.41. The van der Waals surface area contributed by atoms with Gasteiger partial charge in [-0.15, -0.1) is 0 Å². The zero-order valence-corrected chi connectivity index (χ0v) is 11.7. The van der Waals surface area contributed by atoms with Crippen LogP contribution in [0.25, 0.3) is 0 Å². The molecule has 0 fully saturated rings. The van der Waals surface area contributed by atoms with E-state index in [0.717, 1.165) is 0 Å². The number of alkyl halides is 4. The molecule has 0 spiro atoms. The van der Waals surface area contributed by atoms with Crippen molar-refractivity contribution >= 4 is 15.9 Å². The lowest BCUT2D eigenvalue weighted by Crippen LogP contribution is -2.34. The molecule has 0 radical (unpaired) electrons. The van der Waals surface area contributed by atoms with E-state index in [1.54, 1.807) is 0 Å². The highest BCUT2D eigenvalue weighted by atomic mass is 79.9. The second-order valence-electron chi connectivity index (χ2n) is 4.15. The zero-order valence-electron chi connectivity index (χ0n) is 10.1. The number of halogens is 6. The van der Waals surface area contributed by atoms with E-state index in [1.165, 1.54) is 18.2 Å². The zero-order chi connectivity index (χ0) is 15.3. The Morgan fingerprint density at radius 2 is 1.95 bits per heavy atom. The van der Waals surface area contributed by atoms with E-state index in [0.29, 0.717) is 5.56 Å². The molecule has 0 aliphatic carbocycles. The van der Waals surface area contributed by atoms with Crippen LogP contribution in [-0.4, -0.2) is 36.8 Å². The van der Waals surface area contributed by atoms with E-state index in [1.807, 2.05) is 0 Å². The molecular weight excluding hydrogens is 351 g/mol. The summed E-state index contributed by atoms with van der Waals surface area (Å²) in [4.78, 5) is 0. The van der Waals surface area contributed by atoms with Crippen LogP contribution in [0.2, 0.25) is 0 Å². The lowest BCUT2D eigenvalue weighted by molar-refractivity contribution is -0.170. The molecule has 0 aliphatic heterocycles. The third-order valence-corrected chi connectivity index (χ3v) is 3.30. The summed E-state index contributed by atoms with van der Waals surface area (Å²) in [7, 11) is 0. The molecule has 1 unspecified atom stereocenters. The van der Waals surface area contributed by atoms with Gasteiger partial charge in [0, 0.05) is 6.42 Å². The number of ether oxygens (including phenoxy) is 1. The Morgan fingerprint density at radius 3 is 2.55 bits per heavy atom. The van der Waals surface area contributed by atoms with Crippen LogP contribution in [0.4, 0.5) is 22.0 Å². The normalized spacial score (nSPS) is 13.8. The molecule has 1 rings (SSSR count). The first kappa shape index (κ1) is 17.3. The number of rotatable bonds is 7. The van der Waals surface area contributed by atoms with Crippen molar-refractivity contribution in [3.63, 3.8) is 0 Å². The van der Waals surface area contributed by atoms with Gasteiger partial charge in [-0.05, 0) is 27.6 Å². The molecule has 0 saturated carbocycles. The lowest BCUT2D eigenvalue weighted by atomic mass is 10.1. The quantitative estimate of drug-likeness (QED) is 0.753. The molecule has 1 aromatic carbocycles. The topological polar surface area (TPSA) is 29.5 Å². The van der Waals surface area contributed by atoms with Gasteiger partial charge in [-0.1, -0.05) is 12.1 Å². The first-order valence-electron chi connectivity index (χ1n) is 5.58. The van der Waals surface area contributed by atoms with Crippen LogP contribution in [0, 0.1) is 5.82 Å². The first-order valence-corrected chi connectivity index (χ1v) is 6.38. The molecule has 8 heteroatoms. The van der Waals surface area contributed by atoms with Crippen LogP contribution in [0.1, 0.15) is 5.56 Å². The van der Waals surface area contributed by atoms with Gasteiger partial charge in [-0.2, -0.15) is 8.78 Å². The molecule has 114 valence electrons. The summed E-state index contributed by atoms with van der Waals surface area (Å²) in [5, 5.41) is 9.55. The third kappa shape index (κ3) is 4.99. The van der Waals surface area contributed by atoms with Gasteiger partial charge in [-0.25, -0.2) is 13.2 Å². The number of aliphatic hydroxyl groups excluding tert-OH is 1. The molecular formula is C12H12BrF5O2.